The van der Waals surface area contributed by atoms with Crippen LogP contribution in [0.4, 0.5) is 11.5 Å². The zero-order valence-corrected chi connectivity index (χ0v) is 17.6. The van der Waals surface area contributed by atoms with Gasteiger partial charge in [0.1, 0.15) is 5.82 Å². The second-order valence-electron chi connectivity index (χ2n) is 7.03. The molecule has 2 aliphatic heterocycles. The lowest BCUT2D eigenvalue weighted by Crippen LogP contribution is -2.51. The third kappa shape index (κ3) is 4.00. The molecule has 0 radical (unpaired) electrons. The molecular formula is C20H20BrClN4O2. The lowest BCUT2D eigenvalue weighted by atomic mass is 10.1. The first-order valence-corrected chi connectivity index (χ1v) is 10.4. The van der Waals surface area contributed by atoms with Crippen LogP contribution in [0.5, 0.6) is 0 Å². The van der Waals surface area contributed by atoms with Crippen molar-refractivity contribution in [3.8, 4) is 0 Å². The van der Waals surface area contributed by atoms with Crippen LogP contribution in [0.1, 0.15) is 6.42 Å². The van der Waals surface area contributed by atoms with Crippen molar-refractivity contribution >= 4 is 50.9 Å². The standard InChI is InChI=1S/C20H20BrClN4O2/c21-15-2-1-3-17(11-15)26-13-14(10-19(26)27)20(28)25-8-6-24(7-9-25)18-5-4-16(22)12-23-18/h1-5,11-12,14H,6-10,13H2. The van der Waals surface area contributed by atoms with E-state index in [4.69, 9.17) is 11.6 Å². The monoisotopic (exact) mass is 462 g/mol. The van der Waals surface area contributed by atoms with E-state index in [9.17, 15) is 9.59 Å². The van der Waals surface area contributed by atoms with Crippen LogP contribution in [0.3, 0.4) is 0 Å². The minimum absolute atomic E-state index is 0.000417. The van der Waals surface area contributed by atoms with Gasteiger partial charge >= 0.3 is 0 Å². The van der Waals surface area contributed by atoms with Crippen molar-refractivity contribution in [3.63, 3.8) is 0 Å². The molecule has 0 spiro atoms. The molecule has 1 unspecified atom stereocenters. The minimum atomic E-state index is -0.285. The number of aromatic nitrogens is 1. The molecule has 6 nitrogen and oxygen atoms in total. The lowest BCUT2D eigenvalue weighted by Gasteiger charge is -2.36. The van der Waals surface area contributed by atoms with Gasteiger partial charge in [0.2, 0.25) is 11.8 Å². The normalized spacial score (nSPS) is 20.0. The van der Waals surface area contributed by atoms with Gasteiger partial charge < -0.3 is 14.7 Å². The first-order chi connectivity index (χ1) is 13.5. The second kappa shape index (κ2) is 8.09. The molecule has 3 heterocycles. The van der Waals surface area contributed by atoms with Gasteiger partial charge in [-0.3, -0.25) is 9.59 Å². The highest BCUT2D eigenvalue weighted by molar-refractivity contribution is 9.10. The van der Waals surface area contributed by atoms with Gasteiger partial charge in [0.15, 0.2) is 0 Å². The predicted molar refractivity (Wildman–Crippen MR) is 113 cm³/mol. The number of benzene rings is 1. The van der Waals surface area contributed by atoms with Crippen molar-refractivity contribution in [2.75, 3.05) is 42.5 Å². The van der Waals surface area contributed by atoms with E-state index in [1.807, 2.05) is 41.3 Å². The van der Waals surface area contributed by atoms with Gasteiger partial charge in [-0.15, -0.1) is 0 Å². The van der Waals surface area contributed by atoms with Crippen LogP contribution in [-0.2, 0) is 9.59 Å². The molecule has 28 heavy (non-hydrogen) atoms. The van der Waals surface area contributed by atoms with Gasteiger partial charge in [-0.05, 0) is 30.3 Å². The van der Waals surface area contributed by atoms with Crippen LogP contribution < -0.4 is 9.80 Å². The van der Waals surface area contributed by atoms with E-state index in [2.05, 4.69) is 25.8 Å². The maximum absolute atomic E-state index is 13.0. The van der Waals surface area contributed by atoms with Crippen LogP contribution in [-0.4, -0.2) is 54.4 Å². The summed E-state index contributed by atoms with van der Waals surface area (Å²) in [5.41, 5.74) is 0.827. The van der Waals surface area contributed by atoms with Crippen LogP contribution in [0.15, 0.2) is 47.1 Å². The van der Waals surface area contributed by atoms with Gasteiger partial charge in [0.25, 0.3) is 0 Å². The largest absolute Gasteiger partial charge is 0.353 e. The number of halogens is 2. The molecular weight excluding hydrogens is 444 g/mol. The summed E-state index contributed by atoms with van der Waals surface area (Å²) >= 11 is 9.33. The number of carbonyl (C=O) groups excluding carboxylic acids is 2. The molecule has 2 saturated heterocycles. The molecule has 0 saturated carbocycles. The van der Waals surface area contributed by atoms with Crippen LogP contribution >= 0.6 is 27.5 Å². The van der Waals surface area contributed by atoms with Crippen molar-refractivity contribution < 1.29 is 9.59 Å². The van der Waals surface area contributed by atoms with Crippen molar-refractivity contribution in [1.29, 1.82) is 0 Å². The van der Waals surface area contributed by atoms with E-state index in [-0.39, 0.29) is 24.2 Å². The Morgan fingerprint density at radius 1 is 1.14 bits per heavy atom. The summed E-state index contributed by atoms with van der Waals surface area (Å²) in [6.07, 6.45) is 1.90. The van der Waals surface area contributed by atoms with Crippen LogP contribution in [0.25, 0.3) is 0 Å². The highest BCUT2D eigenvalue weighted by atomic mass is 79.9. The summed E-state index contributed by atoms with van der Waals surface area (Å²) in [5, 5.41) is 0.610. The van der Waals surface area contributed by atoms with Gasteiger partial charge in [-0.2, -0.15) is 0 Å². The maximum Gasteiger partial charge on any atom is 0.228 e. The Labute approximate surface area is 177 Å². The molecule has 2 amide bonds. The first kappa shape index (κ1) is 19.2. The smallest absolute Gasteiger partial charge is 0.228 e. The van der Waals surface area contributed by atoms with Gasteiger partial charge in [0.05, 0.1) is 10.9 Å². The number of rotatable bonds is 3. The van der Waals surface area contributed by atoms with Gasteiger partial charge in [0, 0.05) is 55.5 Å². The molecule has 4 rings (SSSR count). The Balaban J connectivity index is 1.36. The summed E-state index contributed by atoms with van der Waals surface area (Å²) in [6, 6.07) is 11.3. The van der Waals surface area contributed by atoms with E-state index in [1.165, 1.54) is 0 Å². The van der Waals surface area contributed by atoms with Crippen LogP contribution in [0.2, 0.25) is 5.02 Å². The fourth-order valence-electron chi connectivity index (χ4n) is 3.74. The Morgan fingerprint density at radius 3 is 2.61 bits per heavy atom. The molecule has 2 aliphatic rings. The van der Waals surface area contributed by atoms with Crippen molar-refractivity contribution in [2.45, 2.75) is 6.42 Å². The number of nitrogens with zero attached hydrogens (tertiary/aromatic N) is 4. The molecule has 146 valence electrons. The summed E-state index contributed by atoms with van der Waals surface area (Å²) in [6.45, 7) is 3.13. The average Bonchev–Trinajstić information content (AvgIpc) is 3.10. The van der Waals surface area contributed by atoms with Crippen molar-refractivity contribution in [3.05, 3.63) is 52.1 Å². The Bertz CT molecular complexity index is 884. The fraction of sp³-hybridized carbons (Fsp3) is 0.350. The first-order valence-electron chi connectivity index (χ1n) is 9.22. The molecule has 1 aromatic heterocycles. The van der Waals surface area contributed by atoms with Gasteiger partial charge in [-0.25, -0.2) is 4.98 Å². The lowest BCUT2D eigenvalue weighted by molar-refractivity contribution is -0.136. The van der Waals surface area contributed by atoms with E-state index >= 15 is 0 Å². The molecule has 0 aliphatic carbocycles. The highest BCUT2D eigenvalue weighted by Gasteiger charge is 2.38. The summed E-state index contributed by atoms with van der Waals surface area (Å²) in [7, 11) is 0. The Morgan fingerprint density at radius 2 is 1.93 bits per heavy atom. The molecule has 2 aromatic rings. The fourth-order valence-corrected chi connectivity index (χ4v) is 4.23. The topological polar surface area (TPSA) is 56.8 Å². The van der Waals surface area contributed by atoms with E-state index in [1.54, 1.807) is 11.1 Å². The highest BCUT2D eigenvalue weighted by Crippen LogP contribution is 2.28. The zero-order valence-electron chi connectivity index (χ0n) is 15.2. The van der Waals surface area contributed by atoms with Crippen molar-refractivity contribution in [1.82, 2.24) is 9.88 Å². The number of anilines is 2. The molecule has 2 fully saturated rings. The number of hydrogen-bond donors (Lipinski definition) is 0. The maximum atomic E-state index is 13.0. The van der Waals surface area contributed by atoms with E-state index in [0.717, 1.165) is 29.1 Å². The number of amides is 2. The summed E-state index contributed by atoms with van der Waals surface area (Å²) in [4.78, 5) is 35.5. The molecule has 0 bridgehead atoms. The Hall–Kier alpha value is -2.12. The molecule has 0 N–H and O–H groups in total. The number of pyridine rings is 1. The Kier molecular flexibility index (Phi) is 5.55. The molecule has 1 aromatic carbocycles. The third-order valence-corrected chi connectivity index (χ3v) is 5.94. The third-order valence-electron chi connectivity index (χ3n) is 5.22. The van der Waals surface area contributed by atoms with Crippen LogP contribution in [0, 0.1) is 5.92 Å². The average molecular weight is 464 g/mol. The molecule has 1 atom stereocenters. The predicted octanol–water partition coefficient (Wildman–Crippen LogP) is 3.20. The van der Waals surface area contributed by atoms with Gasteiger partial charge in [-0.1, -0.05) is 33.6 Å². The van der Waals surface area contributed by atoms with Crippen molar-refractivity contribution in [2.24, 2.45) is 5.92 Å². The zero-order chi connectivity index (χ0) is 19.7. The minimum Gasteiger partial charge on any atom is -0.353 e. The number of hydrogen-bond acceptors (Lipinski definition) is 4. The van der Waals surface area contributed by atoms with E-state index in [0.29, 0.717) is 24.7 Å². The number of carbonyl (C=O) groups is 2. The second-order valence-corrected chi connectivity index (χ2v) is 8.38. The SMILES string of the molecule is O=C(C1CC(=O)N(c2cccc(Br)c2)C1)N1CCN(c2ccc(Cl)cn2)CC1. The quantitative estimate of drug-likeness (QED) is 0.701. The van der Waals surface area contributed by atoms with E-state index < -0.39 is 0 Å². The summed E-state index contributed by atoms with van der Waals surface area (Å²) < 4.78 is 0.916. The summed E-state index contributed by atoms with van der Waals surface area (Å²) in [5.74, 6) is 0.648. The molecule has 8 heteroatoms. The number of piperazine rings is 1.